The summed E-state index contributed by atoms with van der Waals surface area (Å²) in [4.78, 5) is 2.24. The van der Waals surface area contributed by atoms with E-state index in [1.807, 2.05) is 24.3 Å². The summed E-state index contributed by atoms with van der Waals surface area (Å²) < 4.78 is 0. The SMILES string of the molecule is N#Cc1ccccc1N1c2ccccc2C(c2ccccc2)(c2ccccc2)c2ccccc21. The van der Waals surface area contributed by atoms with Crippen molar-refractivity contribution in [1.82, 2.24) is 0 Å². The Labute approximate surface area is 200 Å². The van der Waals surface area contributed by atoms with Crippen molar-refractivity contribution in [3.8, 4) is 6.07 Å². The second-order valence-electron chi connectivity index (χ2n) is 8.48. The van der Waals surface area contributed by atoms with Gasteiger partial charge in [-0.2, -0.15) is 5.26 Å². The van der Waals surface area contributed by atoms with Crippen molar-refractivity contribution in [2.24, 2.45) is 0 Å². The monoisotopic (exact) mass is 434 g/mol. The number of hydrogen-bond donors (Lipinski definition) is 0. The van der Waals surface area contributed by atoms with Gasteiger partial charge in [-0.15, -0.1) is 0 Å². The predicted molar refractivity (Wildman–Crippen MR) is 138 cm³/mol. The highest BCUT2D eigenvalue weighted by molar-refractivity contribution is 5.90. The van der Waals surface area contributed by atoms with Gasteiger partial charge in [0.25, 0.3) is 0 Å². The maximum absolute atomic E-state index is 9.93. The van der Waals surface area contributed by atoms with Gasteiger partial charge in [-0.1, -0.05) is 109 Å². The Balaban J connectivity index is 1.78. The van der Waals surface area contributed by atoms with Crippen molar-refractivity contribution < 1.29 is 0 Å². The maximum Gasteiger partial charge on any atom is 0.101 e. The lowest BCUT2D eigenvalue weighted by Crippen LogP contribution is -2.37. The summed E-state index contributed by atoms with van der Waals surface area (Å²) in [5.41, 5.74) is 8.03. The standard InChI is InChI=1S/C32H22N2/c33-23-24-13-7-10-20-29(24)34-30-21-11-8-18-27(30)32(25-14-3-1-4-15-25,26-16-5-2-6-17-26)28-19-9-12-22-31(28)34/h1-22H. The quantitative estimate of drug-likeness (QED) is 0.285. The van der Waals surface area contributed by atoms with E-state index in [1.165, 1.54) is 22.3 Å². The van der Waals surface area contributed by atoms with Gasteiger partial charge in [0, 0.05) is 0 Å². The molecule has 5 aromatic carbocycles. The average molecular weight is 435 g/mol. The number of nitrogens with zero attached hydrogens (tertiary/aromatic N) is 2. The first-order valence-corrected chi connectivity index (χ1v) is 11.4. The third-order valence-electron chi connectivity index (χ3n) is 6.78. The van der Waals surface area contributed by atoms with Gasteiger partial charge >= 0.3 is 0 Å². The van der Waals surface area contributed by atoms with Crippen LogP contribution >= 0.6 is 0 Å². The molecular weight excluding hydrogens is 412 g/mol. The first kappa shape index (κ1) is 20.0. The second kappa shape index (κ2) is 8.06. The molecule has 1 heterocycles. The molecule has 0 saturated heterocycles. The van der Waals surface area contributed by atoms with E-state index >= 15 is 0 Å². The first-order valence-electron chi connectivity index (χ1n) is 11.4. The molecule has 0 bridgehead atoms. The van der Waals surface area contributed by atoms with Gasteiger partial charge in [0.1, 0.15) is 6.07 Å². The van der Waals surface area contributed by atoms with Gasteiger partial charge in [-0.05, 0) is 46.5 Å². The molecule has 0 radical (unpaired) electrons. The molecule has 5 aromatic rings. The summed E-state index contributed by atoms with van der Waals surface area (Å²) in [7, 11) is 0. The van der Waals surface area contributed by atoms with Crippen LogP contribution < -0.4 is 4.90 Å². The number of fused-ring (bicyclic) bond motifs is 2. The van der Waals surface area contributed by atoms with Crippen LogP contribution in [0.4, 0.5) is 17.1 Å². The number of anilines is 3. The zero-order valence-corrected chi connectivity index (χ0v) is 18.6. The fraction of sp³-hybridized carbons (Fsp3) is 0.0312. The molecule has 0 fully saturated rings. The molecular formula is C32H22N2. The lowest BCUT2D eigenvalue weighted by Gasteiger charge is -2.46. The van der Waals surface area contributed by atoms with Crippen molar-refractivity contribution in [1.29, 1.82) is 5.26 Å². The van der Waals surface area contributed by atoms with Crippen LogP contribution in [-0.4, -0.2) is 0 Å². The zero-order valence-electron chi connectivity index (χ0n) is 18.6. The Morgan fingerprint density at radius 1 is 0.471 bits per heavy atom. The van der Waals surface area contributed by atoms with Crippen molar-refractivity contribution in [2.75, 3.05) is 4.90 Å². The molecule has 1 aliphatic rings. The van der Waals surface area contributed by atoms with Gasteiger partial charge in [0.15, 0.2) is 0 Å². The molecule has 0 spiro atoms. The van der Waals surface area contributed by atoms with Crippen molar-refractivity contribution in [3.05, 3.63) is 161 Å². The van der Waals surface area contributed by atoms with Gasteiger partial charge in [0.2, 0.25) is 0 Å². The molecule has 6 rings (SSSR count). The molecule has 2 nitrogen and oxygen atoms in total. The molecule has 1 aliphatic heterocycles. The number of para-hydroxylation sites is 3. The van der Waals surface area contributed by atoms with Gasteiger partial charge in [-0.25, -0.2) is 0 Å². The smallest absolute Gasteiger partial charge is 0.101 e. The second-order valence-corrected chi connectivity index (χ2v) is 8.48. The first-order chi connectivity index (χ1) is 16.9. The lowest BCUT2D eigenvalue weighted by atomic mass is 9.62. The van der Waals surface area contributed by atoms with Crippen LogP contribution in [0.25, 0.3) is 0 Å². The third-order valence-corrected chi connectivity index (χ3v) is 6.78. The highest BCUT2D eigenvalue weighted by Crippen LogP contribution is 2.57. The maximum atomic E-state index is 9.93. The fourth-order valence-corrected chi connectivity index (χ4v) is 5.43. The van der Waals surface area contributed by atoms with Crippen LogP contribution in [0.2, 0.25) is 0 Å². The zero-order chi connectivity index (χ0) is 23.0. The highest BCUT2D eigenvalue weighted by Gasteiger charge is 2.46. The van der Waals surface area contributed by atoms with E-state index in [0.717, 1.165) is 17.1 Å². The minimum atomic E-state index is -0.492. The molecule has 160 valence electrons. The summed E-state index contributed by atoms with van der Waals surface area (Å²) in [6.45, 7) is 0. The van der Waals surface area contributed by atoms with E-state index in [4.69, 9.17) is 0 Å². The van der Waals surface area contributed by atoms with E-state index in [-0.39, 0.29) is 0 Å². The highest BCUT2D eigenvalue weighted by atomic mass is 15.2. The third kappa shape index (κ3) is 2.81. The topological polar surface area (TPSA) is 27.0 Å². The number of rotatable bonds is 3. The number of hydrogen-bond acceptors (Lipinski definition) is 2. The molecule has 0 aliphatic carbocycles. The van der Waals surface area contributed by atoms with Gasteiger partial charge < -0.3 is 4.90 Å². The van der Waals surface area contributed by atoms with Gasteiger partial charge in [-0.3, -0.25) is 0 Å². The van der Waals surface area contributed by atoms with E-state index < -0.39 is 5.41 Å². The molecule has 0 unspecified atom stereocenters. The lowest BCUT2D eigenvalue weighted by molar-refractivity contribution is 0.731. The van der Waals surface area contributed by atoms with Crippen LogP contribution in [0.15, 0.2) is 133 Å². The molecule has 0 saturated carbocycles. The van der Waals surface area contributed by atoms with Crippen LogP contribution in [0, 0.1) is 11.3 Å². The Hall–Kier alpha value is -4.61. The Morgan fingerprint density at radius 2 is 0.882 bits per heavy atom. The van der Waals surface area contributed by atoms with E-state index in [1.54, 1.807) is 0 Å². The van der Waals surface area contributed by atoms with Crippen LogP contribution in [-0.2, 0) is 5.41 Å². The number of nitriles is 1. The summed E-state index contributed by atoms with van der Waals surface area (Å²) in [6.07, 6.45) is 0. The van der Waals surface area contributed by atoms with E-state index in [0.29, 0.717) is 5.56 Å². The largest absolute Gasteiger partial charge is 0.308 e. The van der Waals surface area contributed by atoms with Crippen LogP contribution in [0.5, 0.6) is 0 Å². The summed E-state index contributed by atoms with van der Waals surface area (Å²) in [5, 5.41) is 9.93. The predicted octanol–water partition coefficient (Wildman–Crippen LogP) is 7.72. The minimum absolute atomic E-state index is 0.492. The molecule has 0 N–H and O–H groups in total. The van der Waals surface area contributed by atoms with E-state index in [2.05, 4.69) is 120 Å². The molecule has 0 amide bonds. The Bertz CT molecular complexity index is 1430. The van der Waals surface area contributed by atoms with Crippen LogP contribution in [0.1, 0.15) is 27.8 Å². The molecule has 0 atom stereocenters. The summed E-state index contributed by atoms with van der Waals surface area (Å²) in [5.74, 6) is 0. The summed E-state index contributed by atoms with van der Waals surface area (Å²) in [6, 6.07) is 48.9. The van der Waals surface area contributed by atoms with Crippen LogP contribution in [0.3, 0.4) is 0 Å². The Morgan fingerprint density at radius 3 is 1.38 bits per heavy atom. The summed E-state index contributed by atoms with van der Waals surface area (Å²) >= 11 is 0. The van der Waals surface area contributed by atoms with E-state index in [9.17, 15) is 5.26 Å². The van der Waals surface area contributed by atoms with Gasteiger partial charge in [0.05, 0.1) is 28.0 Å². The van der Waals surface area contributed by atoms with Crippen molar-refractivity contribution in [2.45, 2.75) is 5.41 Å². The molecule has 2 heteroatoms. The number of benzene rings is 5. The fourth-order valence-electron chi connectivity index (χ4n) is 5.43. The molecule has 34 heavy (non-hydrogen) atoms. The van der Waals surface area contributed by atoms with Crippen molar-refractivity contribution >= 4 is 17.1 Å². The normalized spacial score (nSPS) is 13.4. The average Bonchev–Trinajstić information content (AvgIpc) is 2.93. The molecule has 0 aromatic heterocycles. The minimum Gasteiger partial charge on any atom is -0.308 e. The Kier molecular flexibility index (Phi) is 4.75. The van der Waals surface area contributed by atoms with Crippen molar-refractivity contribution in [3.63, 3.8) is 0 Å².